The van der Waals surface area contributed by atoms with Gasteiger partial charge in [-0.15, -0.1) is 0 Å². The fourth-order valence-corrected chi connectivity index (χ4v) is 2.83. The Morgan fingerprint density at radius 2 is 2.27 bits per heavy atom. The highest BCUT2D eigenvalue weighted by Crippen LogP contribution is 2.17. The van der Waals surface area contributed by atoms with Gasteiger partial charge in [0, 0.05) is 25.2 Å². The van der Waals surface area contributed by atoms with E-state index in [0.29, 0.717) is 12.1 Å². The molecule has 3 nitrogen and oxygen atoms in total. The van der Waals surface area contributed by atoms with Crippen molar-refractivity contribution in [3.8, 4) is 0 Å². The summed E-state index contributed by atoms with van der Waals surface area (Å²) in [6, 6.07) is 1.35. The van der Waals surface area contributed by atoms with Gasteiger partial charge in [-0.1, -0.05) is 6.92 Å². The van der Waals surface area contributed by atoms with E-state index in [-0.39, 0.29) is 0 Å². The van der Waals surface area contributed by atoms with Crippen LogP contribution in [0.2, 0.25) is 0 Å². The average Bonchev–Trinajstić information content (AvgIpc) is 2.83. The summed E-state index contributed by atoms with van der Waals surface area (Å²) in [5.74, 6) is 0. The van der Waals surface area contributed by atoms with Gasteiger partial charge in [0.1, 0.15) is 0 Å². The maximum atomic E-state index is 5.56. The summed E-state index contributed by atoms with van der Waals surface area (Å²) >= 11 is 0. The van der Waals surface area contributed by atoms with Gasteiger partial charge in [-0.05, 0) is 39.3 Å². The number of likely N-dealkylation sites (tertiary alicyclic amines) is 1. The lowest BCUT2D eigenvalue weighted by Crippen LogP contribution is -2.43. The van der Waals surface area contributed by atoms with Crippen LogP contribution >= 0.6 is 0 Å². The Morgan fingerprint density at radius 1 is 1.40 bits per heavy atom. The molecule has 1 N–H and O–H groups in total. The van der Waals surface area contributed by atoms with E-state index in [1.54, 1.807) is 0 Å². The SMILES string of the molecule is CCN1CCC[C@@H]1CN[C@H]1CCO[C@H]1C. The van der Waals surface area contributed by atoms with Gasteiger partial charge < -0.3 is 10.1 Å². The molecule has 0 amide bonds. The summed E-state index contributed by atoms with van der Waals surface area (Å²) in [5.41, 5.74) is 0. The first-order valence-corrected chi connectivity index (χ1v) is 6.40. The van der Waals surface area contributed by atoms with E-state index in [1.165, 1.54) is 32.4 Å². The van der Waals surface area contributed by atoms with Crippen LogP contribution in [-0.2, 0) is 4.74 Å². The lowest BCUT2D eigenvalue weighted by Gasteiger charge is -2.25. The molecule has 0 saturated carbocycles. The second-order valence-electron chi connectivity index (χ2n) is 4.80. The van der Waals surface area contributed by atoms with Gasteiger partial charge in [0.05, 0.1) is 6.10 Å². The molecule has 0 unspecified atom stereocenters. The van der Waals surface area contributed by atoms with Gasteiger partial charge in [-0.3, -0.25) is 4.90 Å². The molecule has 2 saturated heterocycles. The zero-order valence-electron chi connectivity index (χ0n) is 10.0. The highest BCUT2D eigenvalue weighted by Gasteiger charge is 2.27. The van der Waals surface area contributed by atoms with E-state index in [4.69, 9.17) is 4.74 Å². The molecule has 3 heteroatoms. The monoisotopic (exact) mass is 212 g/mol. The first-order valence-electron chi connectivity index (χ1n) is 6.40. The van der Waals surface area contributed by atoms with E-state index in [0.717, 1.165) is 19.2 Å². The van der Waals surface area contributed by atoms with E-state index in [1.807, 2.05) is 0 Å². The molecule has 0 bridgehead atoms. The Kier molecular flexibility index (Phi) is 4.00. The van der Waals surface area contributed by atoms with E-state index in [9.17, 15) is 0 Å². The van der Waals surface area contributed by atoms with Crippen LogP contribution in [0, 0.1) is 0 Å². The molecule has 2 fully saturated rings. The normalized spacial score (nSPS) is 37.6. The van der Waals surface area contributed by atoms with Crippen LogP contribution < -0.4 is 5.32 Å². The Hall–Kier alpha value is -0.120. The van der Waals surface area contributed by atoms with E-state index < -0.39 is 0 Å². The molecule has 88 valence electrons. The molecule has 0 aliphatic carbocycles. The number of ether oxygens (including phenoxy) is 1. The first kappa shape index (κ1) is 11.4. The van der Waals surface area contributed by atoms with Crippen LogP contribution in [0.3, 0.4) is 0 Å². The fourth-order valence-electron chi connectivity index (χ4n) is 2.83. The topological polar surface area (TPSA) is 24.5 Å². The van der Waals surface area contributed by atoms with Crippen molar-refractivity contribution in [3.63, 3.8) is 0 Å². The second-order valence-corrected chi connectivity index (χ2v) is 4.80. The first-order chi connectivity index (χ1) is 7.31. The summed E-state index contributed by atoms with van der Waals surface area (Å²) in [4.78, 5) is 2.59. The van der Waals surface area contributed by atoms with Crippen LogP contribution in [0.4, 0.5) is 0 Å². The third-order valence-corrected chi connectivity index (χ3v) is 3.90. The second kappa shape index (κ2) is 5.28. The number of hydrogen-bond donors (Lipinski definition) is 1. The molecule has 15 heavy (non-hydrogen) atoms. The van der Waals surface area contributed by atoms with Gasteiger partial charge in [0.25, 0.3) is 0 Å². The van der Waals surface area contributed by atoms with Gasteiger partial charge >= 0.3 is 0 Å². The zero-order chi connectivity index (χ0) is 10.7. The summed E-state index contributed by atoms with van der Waals surface area (Å²) in [5, 5.41) is 3.67. The van der Waals surface area contributed by atoms with Crippen molar-refractivity contribution in [2.24, 2.45) is 0 Å². The third kappa shape index (κ3) is 2.71. The van der Waals surface area contributed by atoms with Crippen LogP contribution in [-0.4, -0.2) is 49.3 Å². The minimum atomic E-state index is 0.404. The van der Waals surface area contributed by atoms with Crippen molar-refractivity contribution in [2.45, 2.75) is 51.3 Å². The van der Waals surface area contributed by atoms with Gasteiger partial charge in [0.2, 0.25) is 0 Å². The van der Waals surface area contributed by atoms with Crippen molar-refractivity contribution in [1.82, 2.24) is 10.2 Å². The van der Waals surface area contributed by atoms with Gasteiger partial charge in [-0.2, -0.15) is 0 Å². The molecule has 3 atom stereocenters. The Bertz CT molecular complexity index is 198. The molecule has 0 aromatic carbocycles. The standard InChI is InChI=1S/C12H24N2O/c1-3-14-7-4-5-11(14)9-13-12-6-8-15-10(12)2/h10-13H,3-9H2,1-2H3/t10-,11+,12-/m0/s1. The minimum absolute atomic E-state index is 0.404. The molecular formula is C12H24N2O. The van der Waals surface area contributed by atoms with Crippen molar-refractivity contribution >= 4 is 0 Å². The number of nitrogens with one attached hydrogen (secondary N) is 1. The largest absolute Gasteiger partial charge is 0.377 e. The molecule has 0 spiro atoms. The third-order valence-electron chi connectivity index (χ3n) is 3.90. The summed E-state index contributed by atoms with van der Waals surface area (Å²) in [6.07, 6.45) is 4.32. The van der Waals surface area contributed by atoms with Crippen LogP contribution in [0.25, 0.3) is 0 Å². The van der Waals surface area contributed by atoms with Gasteiger partial charge in [-0.25, -0.2) is 0 Å². The van der Waals surface area contributed by atoms with Crippen LogP contribution in [0.15, 0.2) is 0 Å². The molecule has 2 aliphatic rings. The van der Waals surface area contributed by atoms with Crippen molar-refractivity contribution in [2.75, 3.05) is 26.2 Å². The predicted molar refractivity (Wildman–Crippen MR) is 62.1 cm³/mol. The Labute approximate surface area is 93.2 Å². The predicted octanol–water partition coefficient (Wildman–Crippen LogP) is 1.24. The smallest absolute Gasteiger partial charge is 0.0700 e. The molecule has 0 radical (unpaired) electrons. The molecular weight excluding hydrogens is 188 g/mol. The average molecular weight is 212 g/mol. The maximum absolute atomic E-state index is 5.56. The van der Waals surface area contributed by atoms with Gasteiger partial charge in [0.15, 0.2) is 0 Å². The number of rotatable bonds is 4. The lowest BCUT2D eigenvalue weighted by molar-refractivity contribution is 0.111. The molecule has 0 aromatic heterocycles. The number of likely N-dealkylation sites (N-methyl/N-ethyl adjacent to an activating group) is 1. The molecule has 2 aliphatic heterocycles. The maximum Gasteiger partial charge on any atom is 0.0700 e. The van der Waals surface area contributed by atoms with Crippen molar-refractivity contribution < 1.29 is 4.74 Å². The lowest BCUT2D eigenvalue weighted by atomic mass is 10.1. The highest BCUT2D eigenvalue weighted by molar-refractivity contribution is 4.85. The zero-order valence-corrected chi connectivity index (χ0v) is 10.0. The van der Waals surface area contributed by atoms with E-state index >= 15 is 0 Å². The van der Waals surface area contributed by atoms with E-state index in [2.05, 4.69) is 24.1 Å². The number of nitrogens with zero attached hydrogens (tertiary/aromatic N) is 1. The molecule has 0 aromatic rings. The van der Waals surface area contributed by atoms with Crippen LogP contribution in [0.1, 0.15) is 33.1 Å². The summed E-state index contributed by atoms with van der Waals surface area (Å²) in [7, 11) is 0. The minimum Gasteiger partial charge on any atom is -0.377 e. The Morgan fingerprint density at radius 3 is 2.93 bits per heavy atom. The molecule has 2 heterocycles. The quantitative estimate of drug-likeness (QED) is 0.759. The highest BCUT2D eigenvalue weighted by atomic mass is 16.5. The van der Waals surface area contributed by atoms with Crippen molar-refractivity contribution in [3.05, 3.63) is 0 Å². The van der Waals surface area contributed by atoms with Crippen molar-refractivity contribution in [1.29, 1.82) is 0 Å². The molecule has 2 rings (SSSR count). The summed E-state index contributed by atoms with van der Waals surface area (Å²) in [6.45, 7) is 9.01. The van der Waals surface area contributed by atoms with Crippen LogP contribution in [0.5, 0.6) is 0 Å². The summed E-state index contributed by atoms with van der Waals surface area (Å²) < 4.78 is 5.56. The fraction of sp³-hybridized carbons (Fsp3) is 1.00. The Balaban J connectivity index is 1.72. The number of hydrogen-bond acceptors (Lipinski definition) is 3.